The Morgan fingerprint density at radius 3 is 2.44 bits per heavy atom. The highest BCUT2D eigenvalue weighted by Gasteiger charge is 2.28. The molecule has 8 nitrogen and oxygen atoms in total. The van der Waals surface area contributed by atoms with Crippen LogP contribution in [0.15, 0.2) is 54.7 Å². The van der Waals surface area contributed by atoms with Crippen molar-refractivity contribution in [3.05, 3.63) is 71.0 Å². The molecule has 0 saturated heterocycles. The molecule has 0 bridgehead atoms. The first-order valence-electron chi connectivity index (χ1n) is 11.2. The van der Waals surface area contributed by atoms with E-state index in [-0.39, 0.29) is 18.4 Å². The second kappa shape index (κ2) is 12.2. The van der Waals surface area contributed by atoms with Crippen molar-refractivity contribution < 1.29 is 19.1 Å². The molecule has 1 unspecified atom stereocenters. The Labute approximate surface area is 204 Å². The Hall–Kier alpha value is -3.39. The van der Waals surface area contributed by atoms with Crippen LogP contribution in [0.3, 0.4) is 0 Å². The van der Waals surface area contributed by atoms with E-state index in [1.165, 1.54) is 0 Å². The van der Waals surface area contributed by atoms with E-state index in [0.717, 1.165) is 5.56 Å². The molecule has 0 aliphatic rings. The monoisotopic (exact) mass is 484 g/mol. The van der Waals surface area contributed by atoms with Crippen LogP contribution in [0.1, 0.15) is 38.4 Å². The third-order valence-corrected chi connectivity index (χ3v) is 5.20. The van der Waals surface area contributed by atoms with Gasteiger partial charge < -0.3 is 14.8 Å². The van der Waals surface area contributed by atoms with Crippen LogP contribution in [-0.2, 0) is 27.5 Å². The number of halogens is 1. The molecule has 1 atom stereocenters. The van der Waals surface area contributed by atoms with E-state index >= 15 is 0 Å². The fourth-order valence-corrected chi connectivity index (χ4v) is 3.43. The zero-order valence-corrected chi connectivity index (χ0v) is 20.3. The van der Waals surface area contributed by atoms with Crippen LogP contribution >= 0.6 is 11.6 Å². The van der Waals surface area contributed by atoms with Gasteiger partial charge in [-0.25, -0.2) is 4.68 Å². The molecule has 0 aliphatic heterocycles. The van der Waals surface area contributed by atoms with Gasteiger partial charge in [-0.3, -0.25) is 9.59 Å². The van der Waals surface area contributed by atoms with Crippen molar-refractivity contribution in [2.45, 2.75) is 40.3 Å². The standard InChI is InChI=1S/C25H29ClN4O4/c1-4-33-25(32)23(13-17(2)3)24(31)27-20-9-5-18(6-10-20)14-30-15-21(28-29-30)16-34-22-11-7-19(26)8-12-22/h5-12,15,17,23H,4,13-14,16H2,1-3H3,(H,27,31). The fraction of sp³-hybridized carbons (Fsp3) is 0.360. The van der Waals surface area contributed by atoms with Crippen LogP contribution in [0.2, 0.25) is 5.02 Å². The van der Waals surface area contributed by atoms with Gasteiger partial charge in [0.25, 0.3) is 0 Å². The highest BCUT2D eigenvalue weighted by Crippen LogP contribution is 2.19. The number of aromatic nitrogens is 3. The van der Waals surface area contributed by atoms with E-state index in [9.17, 15) is 9.59 Å². The van der Waals surface area contributed by atoms with Crippen molar-refractivity contribution in [2.24, 2.45) is 11.8 Å². The summed E-state index contributed by atoms with van der Waals surface area (Å²) in [5.41, 5.74) is 2.30. The van der Waals surface area contributed by atoms with Crippen molar-refractivity contribution in [1.29, 1.82) is 0 Å². The number of hydrogen-bond acceptors (Lipinski definition) is 6. The number of carbonyl (C=O) groups excluding carboxylic acids is 2. The second-order valence-electron chi connectivity index (χ2n) is 8.27. The van der Waals surface area contributed by atoms with Crippen LogP contribution in [0, 0.1) is 11.8 Å². The van der Waals surface area contributed by atoms with E-state index in [1.807, 2.05) is 32.2 Å². The third-order valence-electron chi connectivity index (χ3n) is 4.95. The topological polar surface area (TPSA) is 95.3 Å². The molecule has 9 heteroatoms. The molecule has 0 spiro atoms. The molecule has 1 amide bonds. The summed E-state index contributed by atoms with van der Waals surface area (Å²) in [4.78, 5) is 24.9. The summed E-state index contributed by atoms with van der Waals surface area (Å²) in [6, 6.07) is 14.5. The lowest BCUT2D eigenvalue weighted by Crippen LogP contribution is -2.32. The van der Waals surface area contributed by atoms with Gasteiger partial charge >= 0.3 is 5.97 Å². The SMILES string of the molecule is CCOC(=O)C(CC(C)C)C(=O)Nc1ccc(Cn2cc(COc3ccc(Cl)cc3)nn2)cc1. The van der Waals surface area contributed by atoms with Gasteiger partial charge in [-0.2, -0.15) is 0 Å². The number of carbonyl (C=O) groups is 2. The number of benzene rings is 2. The van der Waals surface area contributed by atoms with Crippen LogP contribution in [0.25, 0.3) is 0 Å². The predicted octanol–water partition coefficient (Wildman–Crippen LogP) is 4.72. The smallest absolute Gasteiger partial charge is 0.318 e. The first-order valence-corrected chi connectivity index (χ1v) is 11.6. The molecule has 0 aliphatic carbocycles. The zero-order chi connectivity index (χ0) is 24.5. The average molecular weight is 485 g/mol. The molecule has 2 aromatic carbocycles. The minimum atomic E-state index is -0.830. The second-order valence-corrected chi connectivity index (χ2v) is 8.71. The van der Waals surface area contributed by atoms with Gasteiger partial charge in [-0.15, -0.1) is 5.10 Å². The molecule has 1 N–H and O–H groups in total. The molecule has 0 saturated carbocycles. The van der Waals surface area contributed by atoms with Gasteiger partial charge in [-0.05, 0) is 61.2 Å². The first-order chi connectivity index (χ1) is 16.3. The van der Waals surface area contributed by atoms with E-state index in [0.29, 0.717) is 41.7 Å². The number of hydrogen-bond donors (Lipinski definition) is 1. The lowest BCUT2D eigenvalue weighted by molar-refractivity contribution is -0.151. The summed E-state index contributed by atoms with van der Waals surface area (Å²) in [5, 5.41) is 11.7. The molecular formula is C25H29ClN4O4. The first kappa shape index (κ1) is 25.2. The summed E-state index contributed by atoms with van der Waals surface area (Å²) in [6.45, 7) is 6.71. The van der Waals surface area contributed by atoms with Crippen LogP contribution in [-0.4, -0.2) is 33.5 Å². The van der Waals surface area contributed by atoms with Crippen molar-refractivity contribution >= 4 is 29.2 Å². The number of amides is 1. The van der Waals surface area contributed by atoms with Crippen LogP contribution < -0.4 is 10.1 Å². The van der Waals surface area contributed by atoms with Crippen molar-refractivity contribution in [2.75, 3.05) is 11.9 Å². The van der Waals surface area contributed by atoms with Crippen LogP contribution in [0.4, 0.5) is 5.69 Å². The zero-order valence-electron chi connectivity index (χ0n) is 19.5. The molecule has 3 aromatic rings. The lowest BCUT2D eigenvalue weighted by atomic mass is 9.96. The van der Waals surface area contributed by atoms with Gasteiger partial charge in [0.15, 0.2) is 0 Å². The molecule has 0 fully saturated rings. The number of anilines is 1. The van der Waals surface area contributed by atoms with Gasteiger partial charge in [0.1, 0.15) is 24.0 Å². The van der Waals surface area contributed by atoms with E-state index in [4.69, 9.17) is 21.1 Å². The quantitative estimate of drug-likeness (QED) is 0.312. The number of esters is 1. The predicted molar refractivity (Wildman–Crippen MR) is 130 cm³/mol. The number of nitrogens with zero attached hydrogens (tertiary/aromatic N) is 3. The van der Waals surface area contributed by atoms with Gasteiger partial charge in [0.2, 0.25) is 5.91 Å². The van der Waals surface area contributed by atoms with E-state index in [1.54, 1.807) is 48.0 Å². The van der Waals surface area contributed by atoms with Gasteiger partial charge in [-0.1, -0.05) is 42.8 Å². The summed E-state index contributed by atoms with van der Waals surface area (Å²) in [6.07, 6.45) is 2.25. The summed E-state index contributed by atoms with van der Waals surface area (Å²) in [5.74, 6) is -0.793. The normalized spacial score (nSPS) is 11.8. The molecule has 1 aromatic heterocycles. The fourth-order valence-electron chi connectivity index (χ4n) is 3.30. The maximum atomic E-state index is 12.7. The molecule has 3 rings (SSSR count). The van der Waals surface area contributed by atoms with E-state index in [2.05, 4.69) is 15.6 Å². The number of rotatable bonds is 11. The van der Waals surface area contributed by atoms with Crippen LogP contribution in [0.5, 0.6) is 5.75 Å². The van der Waals surface area contributed by atoms with Crippen molar-refractivity contribution in [1.82, 2.24) is 15.0 Å². The molecule has 0 radical (unpaired) electrons. The highest BCUT2D eigenvalue weighted by atomic mass is 35.5. The molecule has 180 valence electrons. The van der Waals surface area contributed by atoms with Gasteiger partial charge in [0, 0.05) is 10.7 Å². The molecular weight excluding hydrogens is 456 g/mol. The van der Waals surface area contributed by atoms with E-state index < -0.39 is 11.9 Å². The lowest BCUT2D eigenvalue weighted by Gasteiger charge is -2.17. The Balaban J connectivity index is 1.54. The maximum Gasteiger partial charge on any atom is 0.318 e. The summed E-state index contributed by atoms with van der Waals surface area (Å²) in [7, 11) is 0. The average Bonchev–Trinajstić information content (AvgIpc) is 3.25. The summed E-state index contributed by atoms with van der Waals surface area (Å²) < 4.78 is 12.5. The Morgan fingerprint density at radius 2 is 1.79 bits per heavy atom. The maximum absolute atomic E-state index is 12.7. The highest BCUT2D eigenvalue weighted by molar-refractivity contribution is 6.30. The minimum absolute atomic E-state index is 0.187. The number of nitrogens with one attached hydrogen (secondary N) is 1. The molecule has 1 heterocycles. The third kappa shape index (κ3) is 7.59. The molecule has 34 heavy (non-hydrogen) atoms. The Kier molecular flexibility index (Phi) is 9.04. The van der Waals surface area contributed by atoms with Crippen molar-refractivity contribution in [3.8, 4) is 5.75 Å². The van der Waals surface area contributed by atoms with Gasteiger partial charge in [0.05, 0.1) is 19.3 Å². The summed E-state index contributed by atoms with van der Waals surface area (Å²) >= 11 is 5.88. The Bertz CT molecular complexity index is 1080. The largest absolute Gasteiger partial charge is 0.487 e. The minimum Gasteiger partial charge on any atom is -0.487 e. The van der Waals surface area contributed by atoms with Crippen molar-refractivity contribution in [3.63, 3.8) is 0 Å². The Morgan fingerprint density at radius 1 is 1.09 bits per heavy atom. The number of ether oxygens (including phenoxy) is 2.